The van der Waals surface area contributed by atoms with Crippen LogP contribution in [-0.4, -0.2) is 32.4 Å². The number of hydrogen-bond donors (Lipinski definition) is 2. The molecule has 1 heterocycles. The van der Waals surface area contributed by atoms with Gasteiger partial charge in [0.25, 0.3) is 0 Å². The number of ether oxygens (including phenoxy) is 1. The van der Waals surface area contributed by atoms with Crippen molar-refractivity contribution in [2.75, 3.05) is 0 Å². The van der Waals surface area contributed by atoms with Crippen molar-refractivity contribution in [3.63, 3.8) is 0 Å². The highest BCUT2D eigenvalue weighted by molar-refractivity contribution is 8.00. The van der Waals surface area contributed by atoms with E-state index in [4.69, 9.17) is 16.3 Å². The predicted molar refractivity (Wildman–Crippen MR) is 112 cm³/mol. The normalized spacial score (nSPS) is 20.6. The highest BCUT2D eigenvalue weighted by Crippen LogP contribution is 2.26. The minimum atomic E-state index is -0.252. The molecule has 2 N–H and O–H groups in total. The van der Waals surface area contributed by atoms with Gasteiger partial charge in [-0.3, -0.25) is 9.89 Å². The van der Waals surface area contributed by atoms with Gasteiger partial charge in [-0.05, 0) is 56.4 Å². The summed E-state index contributed by atoms with van der Waals surface area (Å²) in [6, 6.07) is 5.79. The molecule has 0 radical (unpaired) electrons. The van der Waals surface area contributed by atoms with Crippen LogP contribution in [0.5, 0.6) is 5.75 Å². The first kappa shape index (κ1) is 21.0. The summed E-state index contributed by atoms with van der Waals surface area (Å²) < 4.78 is 5.73. The maximum absolute atomic E-state index is 12.5. The quantitative estimate of drug-likeness (QED) is 0.641. The van der Waals surface area contributed by atoms with E-state index in [1.807, 2.05) is 26.0 Å². The number of carbonyl (C=O) groups is 1. The number of aryl methyl sites for hydroxylation is 1. The maximum Gasteiger partial charge on any atom is 0.233 e. The molecule has 3 atom stereocenters. The smallest absolute Gasteiger partial charge is 0.233 e. The molecule has 1 aliphatic rings. The Kier molecular flexibility index (Phi) is 7.24. The van der Waals surface area contributed by atoms with Crippen LogP contribution < -0.4 is 10.1 Å². The molecule has 0 saturated heterocycles. The minimum absolute atomic E-state index is 0.0444. The van der Waals surface area contributed by atoms with Gasteiger partial charge < -0.3 is 10.1 Å². The SMILES string of the molecule is Cc1cc(OCc2nc(S[C@H](C)C(=O)N[C@@H]3CCCC[C@@H]3C)n[nH]2)ccc1Cl. The molecule has 1 amide bonds. The molecule has 0 spiro atoms. The number of thioether (sulfide) groups is 1. The van der Waals surface area contributed by atoms with Crippen LogP contribution in [0.25, 0.3) is 0 Å². The van der Waals surface area contributed by atoms with Crippen molar-refractivity contribution in [3.8, 4) is 5.75 Å². The van der Waals surface area contributed by atoms with Crippen molar-refractivity contribution in [1.29, 1.82) is 0 Å². The Balaban J connectivity index is 1.49. The summed E-state index contributed by atoms with van der Waals surface area (Å²) in [5.74, 6) is 1.92. The zero-order chi connectivity index (χ0) is 20.1. The number of nitrogens with zero attached hydrogens (tertiary/aromatic N) is 2. The van der Waals surface area contributed by atoms with Crippen LogP contribution in [0, 0.1) is 12.8 Å². The molecule has 1 saturated carbocycles. The number of hydrogen-bond acceptors (Lipinski definition) is 5. The summed E-state index contributed by atoms with van der Waals surface area (Å²) in [5, 5.41) is 11.3. The van der Waals surface area contributed by atoms with Gasteiger partial charge in [0.05, 0.1) is 5.25 Å². The summed E-state index contributed by atoms with van der Waals surface area (Å²) in [7, 11) is 0. The second-order valence-electron chi connectivity index (χ2n) is 7.40. The lowest BCUT2D eigenvalue weighted by Crippen LogP contribution is -2.44. The summed E-state index contributed by atoms with van der Waals surface area (Å²) in [5.41, 5.74) is 0.958. The second kappa shape index (κ2) is 9.65. The number of nitrogens with one attached hydrogen (secondary N) is 2. The number of aromatic amines is 1. The largest absolute Gasteiger partial charge is 0.486 e. The van der Waals surface area contributed by atoms with Crippen molar-refractivity contribution in [3.05, 3.63) is 34.6 Å². The molecular formula is C20H27ClN4O2S. The molecule has 2 aromatic rings. The molecule has 1 fully saturated rings. The zero-order valence-electron chi connectivity index (χ0n) is 16.5. The molecule has 152 valence electrons. The van der Waals surface area contributed by atoms with Crippen molar-refractivity contribution in [1.82, 2.24) is 20.5 Å². The van der Waals surface area contributed by atoms with E-state index in [0.29, 0.717) is 21.9 Å². The lowest BCUT2D eigenvalue weighted by molar-refractivity contribution is -0.121. The van der Waals surface area contributed by atoms with E-state index in [-0.39, 0.29) is 23.8 Å². The molecule has 0 unspecified atom stereocenters. The van der Waals surface area contributed by atoms with Gasteiger partial charge in [-0.1, -0.05) is 43.1 Å². The first-order chi connectivity index (χ1) is 13.4. The van der Waals surface area contributed by atoms with Crippen molar-refractivity contribution < 1.29 is 9.53 Å². The van der Waals surface area contributed by atoms with Crippen molar-refractivity contribution in [2.24, 2.45) is 5.92 Å². The third-order valence-electron chi connectivity index (χ3n) is 5.11. The first-order valence-electron chi connectivity index (χ1n) is 9.69. The highest BCUT2D eigenvalue weighted by atomic mass is 35.5. The lowest BCUT2D eigenvalue weighted by atomic mass is 9.86. The third kappa shape index (κ3) is 5.64. The Morgan fingerprint density at radius 3 is 2.96 bits per heavy atom. The molecule has 0 bridgehead atoms. The highest BCUT2D eigenvalue weighted by Gasteiger charge is 2.25. The standard InChI is InChI=1S/C20H27ClN4O2S/c1-12-6-4-5-7-17(12)22-19(26)14(3)28-20-23-18(24-25-20)11-27-15-8-9-16(21)13(2)10-15/h8-10,12,14,17H,4-7,11H2,1-3H3,(H,22,26)(H,23,24,25)/t12-,14+,17+/m0/s1. The topological polar surface area (TPSA) is 79.9 Å². The molecule has 1 aromatic heterocycles. The molecule has 0 aliphatic heterocycles. The Labute approximate surface area is 175 Å². The number of H-pyrrole nitrogens is 1. The van der Waals surface area contributed by atoms with E-state index >= 15 is 0 Å². The Morgan fingerprint density at radius 2 is 2.21 bits per heavy atom. The van der Waals surface area contributed by atoms with E-state index in [0.717, 1.165) is 17.7 Å². The number of aromatic nitrogens is 3. The summed E-state index contributed by atoms with van der Waals surface area (Å²) in [6.07, 6.45) is 4.70. The Morgan fingerprint density at radius 1 is 1.43 bits per heavy atom. The average molecular weight is 423 g/mol. The van der Waals surface area contributed by atoms with Gasteiger partial charge in [0.15, 0.2) is 5.82 Å². The fourth-order valence-corrected chi connectivity index (χ4v) is 4.17. The van der Waals surface area contributed by atoms with Crippen LogP contribution in [-0.2, 0) is 11.4 Å². The number of amides is 1. The van der Waals surface area contributed by atoms with Gasteiger partial charge >= 0.3 is 0 Å². The third-order valence-corrected chi connectivity index (χ3v) is 6.49. The van der Waals surface area contributed by atoms with Crippen LogP contribution in [0.15, 0.2) is 23.4 Å². The molecule has 6 nitrogen and oxygen atoms in total. The molecular weight excluding hydrogens is 396 g/mol. The molecule has 1 aliphatic carbocycles. The summed E-state index contributed by atoms with van der Waals surface area (Å²) in [6.45, 7) is 6.30. The summed E-state index contributed by atoms with van der Waals surface area (Å²) in [4.78, 5) is 16.9. The number of halogens is 1. The number of benzene rings is 1. The van der Waals surface area contributed by atoms with E-state index in [1.165, 1.54) is 31.0 Å². The van der Waals surface area contributed by atoms with Gasteiger partial charge in [0.2, 0.25) is 11.1 Å². The van der Waals surface area contributed by atoms with Gasteiger partial charge in [-0.25, -0.2) is 4.98 Å². The molecule has 1 aromatic carbocycles. The Bertz CT molecular complexity index is 813. The van der Waals surface area contributed by atoms with Crippen molar-refractivity contribution in [2.45, 2.75) is 69.5 Å². The van der Waals surface area contributed by atoms with Crippen LogP contribution in [0.4, 0.5) is 0 Å². The van der Waals surface area contributed by atoms with E-state index < -0.39 is 0 Å². The summed E-state index contributed by atoms with van der Waals surface area (Å²) >= 11 is 7.37. The first-order valence-corrected chi connectivity index (χ1v) is 11.0. The Hall–Kier alpha value is -1.73. The fourth-order valence-electron chi connectivity index (χ4n) is 3.30. The molecule has 3 rings (SSSR count). The average Bonchev–Trinajstić information content (AvgIpc) is 3.12. The lowest BCUT2D eigenvalue weighted by Gasteiger charge is -2.30. The molecule has 28 heavy (non-hydrogen) atoms. The molecule has 8 heteroatoms. The van der Waals surface area contributed by atoms with Gasteiger partial charge in [0.1, 0.15) is 12.4 Å². The number of carbonyl (C=O) groups excluding carboxylic acids is 1. The van der Waals surface area contributed by atoms with Crippen LogP contribution in [0.1, 0.15) is 50.9 Å². The zero-order valence-corrected chi connectivity index (χ0v) is 18.1. The minimum Gasteiger partial charge on any atom is -0.486 e. The van der Waals surface area contributed by atoms with Gasteiger partial charge in [0, 0.05) is 11.1 Å². The predicted octanol–water partition coefficient (Wildman–Crippen LogP) is 4.52. The van der Waals surface area contributed by atoms with Gasteiger partial charge in [-0.15, -0.1) is 5.10 Å². The van der Waals surface area contributed by atoms with Gasteiger partial charge in [-0.2, -0.15) is 0 Å². The fraction of sp³-hybridized carbons (Fsp3) is 0.550. The van der Waals surface area contributed by atoms with E-state index in [9.17, 15) is 4.79 Å². The number of rotatable bonds is 7. The van der Waals surface area contributed by atoms with E-state index in [1.54, 1.807) is 6.07 Å². The van der Waals surface area contributed by atoms with E-state index in [2.05, 4.69) is 27.4 Å². The second-order valence-corrected chi connectivity index (χ2v) is 9.12. The monoisotopic (exact) mass is 422 g/mol. The van der Waals surface area contributed by atoms with Crippen LogP contribution >= 0.6 is 23.4 Å². The van der Waals surface area contributed by atoms with Crippen molar-refractivity contribution >= 4 is 29.3 Å². The van der Waals surface area contributed by atoms with Crippen LogP contribution in [0.2, 0.25) is 5.02 Å². The maximum atomic E-state index is 12.5. The van der Waals surface area contributed by atoms with Crippen LogP contribution in [0.3, 0.4) is 0 Å².